The van der Waals surface area contributed by atoms with Gasteiger partial charge in [-0.3, -0.25) is 9.69 Å². The molecule has 1 atom stereocenters. The zero-order valence-corrected chi connectivity index (χ0v) is 23.8. The summed E-state index contributed by atoms with van der Waals surface area (Å²) in [6.45, 7) is 6.20. The third kappa shape index (κ3) is 6.14. The molecule has 1 aromatic carbocycles. The summed E-state index contributed by atoms with van der Waals surface area (Å²) in [7, 11) is 0. The molecule has 2 amide bonds. The highest BCUT2D eigenvalue weighted by Gasteiger charge is 2.50. The number of amides is 2. The lowest BCUT2D eigenvalue weighted by Gasteiger charge is -2.52. The fourth-order valence-corrected chi connectivity index (χ4v) is 7.56. The third-order valence-electron chi connectivity index (χ3n) is 10.0. The van der Waals surface area contributed by atoms with Crippen molar-refractivity contribution in [3.63, 3.8) is 0 Å². The average molecular weight is 564 g/mol. The van der Waals surface area contributed by atoms with Gasteiger partial charge < -0.3 is 14.5 Å². The van der Waals surface area contributed by atoms with Gasteiger partial charge in [-0.25, -0.2) is 18.0 Å². The SMILES string of the molecule is CCCCC1CN(CC2CCCCC2)C(=O)OC12CCN(C1CCN(C(=O)c3c(F)ccc(F)c3F)CC1)CC2. The molecule has 6 nitrogen and oxygen atoms in total. The van der Waals surface area contributed by atoms with Crippen LogP contribution in [0.1, 0.15) is 94.3 Å². The van der Waals surface area contributed by atoms with E-state index in [9.17, 15) is 22.8 Å². The van der Waals surface area contributed by atoms with Gasteiger partial charge >= 0.3 is 6.09 Å². The number of halogens is 3. The first-order valence-corrected chi connectivity index (χ1v) is 15.5. The molecule has 1 saturated carbocycles. The minimum atomic E-state index is -1.43. The molecular weight excluding hydrogens is 519 g/mol. The summed E-state index contributed by atoms with van der Waals surface area (Å²) in [4.78, 5) is 31.8. The van der Waals surface area contributed by atoms with Gasteiger partial charge in [-0.15, -0.1) is 0 Å². The Labute approximate surface area is 236 Å². The molecule has 0 N–H and O–H groups in total. The minimum absolute atomic E-state index is 0.143. The Morgan fingerprint density at radius 1 is 0.975 bits per heavy atom. The summed E-state index contributed by atoms with van der Waals surface area (Å²) in [6.07, 6.45) is 12.4. The largest absolute Gasteiger partial charge is 0.442 e. The number of nitrogens with zero attached hydrogens (tertiary/aromatic N) is 3. The number of likely N-dealkylation sites (tertiary alicyclic amines) is 2. The maximum atomic E-state index is 14.2. The molecule has 1 aliphatic carbocycles. The van der Waals surface area contributed by atoms with E-state index in [2.05, 4.69) is 11.8 Å². The monoisotopic (exact) mass is 563 g/mol. The maximum absolute atomic E-state index is 14.2. The van der Waals surface area contributed by atoms with Crippen molar-refractivity contribution in [2.45, 2.75) is 95.6 Å². The topological polar surface area (TPSA) is 53.1 Å². The van der Waals surface area contributed by atoms with Crippen LogP contribution in [0.25, 0.3) is 0 Å². The van der Waals surface area contributed by atoms with Gasteiger partial charge in [0, 0.05) is 64.1 Å². The molecule has 3 aliphatic heterocycles. The molecule has 5 rings (SSSR count). The van der Waals surface area contributed by atoms with E-state index < -0.39 is 34.5 Å². The van der Waals surface area contributed by atoms with Crippen LogP contribution < -0.4 is 0 Å². The lowest BCUT2D eigenvalue weighted by Crippen LogP contribution is -2.61. The van der Waals surface area contributed by atoms with Gasteiger partial charge in [-0.05, 0) is 50.2 Å². The number of ether oxygens (including phenoxy) is 1. The molecule has 0 radical (unpaired) electrons. The Hall–Kier alpha value is -2.29. The lowest BCUT2D eigenvalue weighted by atomic mass is 9.75. The molecule has 9 heteroatoms. The van der Waals surface area contributed by atoms with E-state index in [0.717, 1.165) is 64.3 Å². The van der Waals surface area contributed by atoms with Crippen LogP contribution in [0.5, 0.6) is 0 Å². The standard InChI is InChI=1S/C31H44F3N3O3/c1-2-3-9-23-21-37(20-22-7-5-4-6-8-22)30(39)40-31(23)14-18-35(19-15-31)24-12-16-36(17-13-24)29(38)27-25(32)10-11-26(33)28(27)34/h10-11,22-24H,2-9,12-21H2,1H3. The Balaban J connectivity index is 1.17. The van der Waals surface area contributed by atoms with E-state index in [4.69, 9.17) is 4.74 Å². The highest BCUT2D eigenvalue weighted by Crippen LogP contribution is 2.42. The second-order valence-electron chi connectivity index (χ2n) is 12.5. The Morgan fingerprint density at radius 2 is 1.65 bits per heavy atom. The van der Waals surface area contributed by atoms with E-state index >= 15 is 0 Å². The van der Waals surface area contributed by atoms with E-state index in [-0.39, 0.29) is 12.1 Å². The number of hydrogen-bond acceptors (Lipinski definition) is 4. The van der Waals surface area contributed by atoms with Crippen LogP contribution in [0.4, 0.5) is 18.0 Å². The zero-order chi connectivity index (χ0) is 28.3. The summed E-state index contributed by atoms with van der Waals surface area (Å²) in [6, 6.07) is 1.74. The number of piperidine rings is 2. The third-order valence-corrected chi connectivity index (χ3v) is 10.0. The summed E-state index contributed by atoms with van der Waals surface area (Å²) in [5.74, 6) is -3.55. The van der Waals surface area contributed by atoms with Crippen molar-refractivity contribution in [1.29, 1.82) is 0 Å². The molecule has 3 heterocycles. The van der Waals surface area contributed by atoms with E-state index in [0.29, 0.717) is 43.8 Å². The van der Waals surface area contributed by atoms with Crippen LogP contribution >= 0.6 is 0 Å². The van der Waals surface area contributed by atoms with Gasteiger partial charge in [0.15, 0.2) is 11.6 Å². The predicted octanol–water partition coefficient (Wildman–Crippen LogP) is 6.38. The van der Waals surface area contributed by atoms with E-state index in [1.807, 2.05) is 4.90 Å². The van der Waals surface area contributed by atoms with Gasteiger partial charge in [-0.1, -0.05) is 39.0 Å². The van der Waals surface area contributed by atoms with Gasteiger partial charge in [0.25, 0.3) is 5.91 Å². The van der Waals surface area contributed by atoms with Crippen LogP contribution in [0, 0.1) is 29.3 Å². The van der Waals surface area contributed by atoms with Crippen molar-refractivity contribution >= 4 is 12.0 Å². The van der Waals surface area contributed by atoms with Crippen molar-refractivity contribution in [1.82, 2.24) is 14.7 Å². The first kappa shape index (κ1) is 29.2. The highest BCUT2D eigenvalue weighted by atomic mass is 19.2. The normalized spacial score (nSPS) is 24.9. The highest BCUT2D eigenvalue weighted by molar-refractivity contribution is 5.94. The second kappa shape index (κ2) is 12.7. The summed E-state index contributed by atoms with van der Waals surface area (Å²) < 4.78 is 48.3. The first-order chi connectivity index (χ1) is 19.3. The maximum Gasteiger partial charge on any atom is 0.410 e. The van der Waals surface area contributed by atoms with Crippen molar-refractivity contribution in [3.8, 4) is 0 Å². The molecule has 0 bridgehead atoms. The molecule has 4 aliphatic rings. The fraction of sp³-hybridized carbons (Fsp3) is 0.742. The lowest BCUT2D eigenvalue weighted by molar-refractivity contribution is -0.127. The molecule has 3 saturated heterocycles. The molecule has 0 aromatic heterocycles. The minimum Gasteiger partial charge on any atom is -0.442 e. The number of carbonyl (C=O) groups is 2. The van der Waals surface area contributed by atoms with Crippen molar-refractivity contribution < 1.29 is 27.5 Å². The Morgan fingerprint density at radius 3 is 2.33 bits per heavy atom. The van der Waals surface area contributed by atoms with Gasteiger partial charge in [0.2, 0.25) is 0 Å². The van der Waals surface area contributed by atoms with Crippen LogP contribution in [-0.4, -0.2) is 77.6 Å². The molecule has 222 valence electrons. The number of hydrogen-bond donors (Lipinski definition) is 0. The molecule has 1 unspecified atom stereocenters. The molecule has 4 fully saturated rings. The first-order valence-electron chi connectivity index (χ1n) is 15.5. The van der Waals surface area contributed by atoms with Gasteiger partial charge in [0.1, 0.15) is 17.0 Å². The number of benzene rings is 1. The van der Waals surface area contributed by atoms with E-state index in [1.54, 1.807) is 0 Å². The molecule has 1 aromatic rings. The smallest absolute Gasteiger partial charge is 0.410 e. The van der Waals surface area contributed by atoms with Crippen LogP contribution in [0.3, 0.4) is 0 Å². The van der Waals surface area contributed by atoms with E-state index in [1.165, 1.54) is 37.0 Å². The molecular formula is C31H44F3N3O3. The predicted molar refractivity (Wildman–Crippen MR) is 146 cm³/mol. The zero-order valence-electron chi connectivity index (χ0n) is 23.8. The average Bonchev–Trinajstić information content (AvgIpc) is 2.97. The van der Waals surface area contributed by atoms with Crippen molar-refractivity contribution in [2.24, 2.45) is 11.8 Å². The van der Waals surface area contributed by atoms with Gasteiger partial charge in [-0.2, -0.15) is 0 Å². The quantitative estimate of drug-likeness (QED) is 0.361. The molecule has 1 spiro atoms. The Bertz CT molecular complexity index is 1050. The van der Waals surface area contributed by atoms with Crippen LogP contribution in [0.15, 0.2) is 12.1 Å². The second-order valence-corrected chi connectivity index (χ2v) is 12.5. The fourth-order valence-electron chi connectivity index (χ4n) is 7.56. The van der Waals surface area contributed by atoms with Crippen LogP contribution in [-0.2, 0) is 4.74 Å². The van der Waals surface area contributed by atoms with Gasteiger partial charge in [0.05, 0.1) is 0 Å². The number of rotatable bonds is 7. The van der Waals surface area contributed by atoms with Crippen molar-refractivity contribution in [3.05, 3.63) is 35.1 Å². The summed E-state index contributed by atoms with van der Waals surface area (Å²) in [5.41, 5.74) is -1.22. The molecule has 40 heavy (non-hydrogen) atoms. The Kier molecular flexibility index (Phi) is 9.28. The number of unbranched alkanes of at least 4 members (excludes halogenated alkanes) is 1. The van der Waals surface area contributed by atoms with Crippen LogP contribution in [0.2, 0.25) is 0 Å². The number of carbonyl (C=O) groups excluding carboxylic acids is 2. The summed E-state index contributed by atoms with van der Waals surface area (Å²) in [5, 5.41) is 0. The summed E-state index contributed by atoms with van der Waals surface area (Å²) >= 11 is 0. The van der Waals surface area contributed by atoms with Crippen molar-refractivity contribution in [2.75, 3.05) is 39.3 Å².